The average Bonchev–Trinajstić information content (AvgIpc) is 2.81. The summed E-state index contributed by atoms with van der Waals surface area (Å²) in [6, 6.07) is 6.28. The molecule has 1 aliphatic rings. The molecule has 0 aromatic heterocycles. The molecule has 2 rings (SSSR count). The quantitative estimate of drug-likeness (QED) is 0.845. The summed E-state index contributed by atoms with van der Waals surface area (Å²) >= 11 is 0. The number of aliphatic hydroxyl groups is 1. The number of rotatable bonds is 4. The molecule has 4 heteroatoms. The van der Waals surface area contributed by atoms with Crippen molar-refractivity contribution in [3.63, 3.8) is 0 Å². The number of aryl methyl sites for hydroxylation is 1. The zero-order chi connectivity index (χ0) is 11.4. The first-order valence-corrected chi connectivity index (χ1v) is 5.41. The van der Waals surface area contributed by atoms with E-state index in [1.54, 1.807) is 12.1 Å². The Kier molecular flexibility index (Phi) is 3.88. The van der Waals surface area contributed by atoms with Crippen molar-refractivity contribution in [1.29, 1.82) is 0 Å². The maximum atomic E-state index is 12.6. The van der Waals surface area contributed by atoms with Crippen LogP contribution in [0.5, 0.6) is 0 Å². The van der Waals surface area contributed by atoms with Crippen LogP contribution < -0.4 is 0 Å². The third kappa shape index (κ3) is 3.01. The number of hydrogen-bond donors (Lipinski definition) is 1. The van der Waals surface area contributed by atoms with Crippen LogP contribution in [0.1, 0.15) is 12.0 Å². The first kappa shape index (κ1) is 11.5. The fourth-order valence-corrected chi connectivity index (χ4v) is 1.70. The monoisotopic (exact) mass is 226 g/mol. The Morgan fingerprint density at radius 2 is 1.88 bits per heavy atom. The van der Waals surface area contributed by atoms with Crippen LogP contribution in [-0.2, 0) is 15.9 Å². The van der Waals surface area contributed by atoms with E-state index in [0.29, 0.717) is 26.1 Å². The van der Waals surface area contributed by atoms with Gasteiger partial charge in [-0.05, 0) is 30.5 Å². The second-order valence-electron chi connectivity index (χ2n) is 3.84. The molecule has 0 amide bonds. The molecule has 0 saturated carbocycles. The maximum absolute atomic E-state index is 12.6. The second-order valence-corrected chi connectivity index (χ2v) is 3.84. The summed E-state index contributed by atoms with van der Waals surface area (Å²) < 4.78 is 23.0. The number of benzene rings is 1. The average molecular weight is 226 g/mol. The molecule has 1 unspecified atom stereocenters. The topological polar surface area (TPSA) is 38.7 Å². The van der Waals surface area contributed by atoms with E-state index in [4.69, 9.17) is 9.47 Å². The van der Waals surface area contributed by atoms with Crippen molar-refractivity contribution in [2.75, 3.05) is 13.2 Å². The number of aliphatic hydroxyl groups excluding tert-OH is 1. The lowest BCUT2D eigenvalue weighted by Crippen LogP contribution is -2.27. The molecule has 1 N–H and O–H groups in total. The molecule has 1 heterocycles. The highest BCUT2D eigenvalue weighted by Gasteiger charge is 2.24. The molecule has 1 atom stereocenters. The summed E-state index contributed by atoms with van der Waals surface area (Å²) in [5.41, 5.74) is 0.999. The van der Waals surface area contributed by atoms with E-state index in [1.165, 1.54) is 12.1 Å². The number of hydrogen-bond acceptors (Lipinski definition) is 3. The summed E-state index contributed by atoms with van der Waals surface area (Å²) in [5.74, 6) is -0.244. The molecule has 1 saturated heterocycles. The molecule has 1 aromatic rings. The molecule has 0 radical (unpaired) electrons. The van der Waals surface area contributed by atoms with Gasteiger partial charge in [0.05, 0.1) is 13.2 Å². The van der Waals surface area contributed by atoms with Gasteiger partial charge in [-0.15, -0.1) is 0 Å². The van der Waals surface area contributed by atoms with Gasteiger partial charge in [0.15, 0.2) is 6.29 Å². The van der Waals surface area contributed by atoms with E-state index in [0.717, 1.165) is 5.56 Å². The molecule has 1 aromatic carbocycles. The fourth-order valence-electron chi connectivity index (χ4n) is 1.70. The minimum absolute atomic E-state index is 0.244. The van der Waals surface area contributed by atoms with Crippen LogP contribution in [0.4, 0.5) is 4.39 Å². The van der Waals surface area contributed by atoms with Crippen molar-refractivity contribution in [2.45, 2.75) is 25.2 Å². The Morgan fingerprint density at radius 3 is 2.50 bits per heavy atom. The standard InChI is InChI=1S/C12H15FO3/c13-10-4-1-9(2-5-10)3-6-11(14)12-15-7-8-16-12/h1-2,4-5,11-12,14H,3,6-8H2. The summed E-state index contributed by atoms with van der Waals surface area (Å²) in [5, 5.41) is 9.74. The lowest BCUT2D eigenvalue weighted by Gasteiger charge is -2.16. The third-order valence-corrected chi connectivity index (χ3v) is 2.60. The van der Waals surface area contributed by atoms with E-state index < -0.39 is 12.4 Å². The predicted octanol–water partition coefficient (Wildman–Crippen LogP) is 1.49. The normalized spacial score (nSPS) is 18.9. The van der Waals surface area contributed by atoms with E-state index in [1.807, 2.05) is 0 Å². The lowest BCUT2D eigenvalue weighted by molar-refractivity contribution is -0.121. The van der Waals surface area contributed by atoms with Crippen molar-refractivity contribution in [3.8, 4) is 0 Å². The third-order valence-electron chi connectivity index (χ3n) is 2.60. The van der Waals surface area contributed by atoms with E-state index in [9.17, 15) is 9.50 Å². The molecule has 0 spiro atoms. The lowest BCUT2D eigenvalue weighted by atomic mass is 10.1. The van der Waals surface area contributed by atoms with Crippen molar-refractivity contribution < 1.29 is 19.0 Å². The van der Waals surface area contributed by atoms with Crippen LogP contribution in [0.3, 0.4) is 0 Å². The minimum atomic E-state index is -0.618. The fraction of sp³-hybridized carbons (Fsp3) is 0.500. The van der Waals surface area contributed by atoms with Gasteiger partial charge in [0.1, 0.15) is 11.9 Å². The van der Waals surface area contributed by atoms with Gasteiger partial charge in [0, 0.05) is 0 Å². The maximum Gasteiger partial charge on any atom is 0.183 e. The SMILES string of the molecule is OC(CCc1ccc(F)cc1)C1OCCO1. The van der Waals surface area contributed by atoms with Crippen LogP contribution in [0.15, 0.2) is 24.3 Å². The molecule has 1 aliphatic heterocycles. The van der Waals surface area contributed by atoms with Crippen molar-refractivity contribution in [1.82, 2.24) is 0 Å². The van der Waals surface area contributed by atoms with Gasteiger partial charge in [-0.2, -0.15) is 0 Å². The first-order chi connectivity index (χ1) is 7.75. The van der Waals surface area contributed by atoms with E-state index >= 15 is 0 Å². The van der Waals surface area contributed by atoms with Crippen LogP contribution >= 0.6 is 0 Å². The van der Waals surface area contributed by atoms with Gasteiger partial charge in [0.2, 0.25) is 0 Å². The van der Waals surface area contributed by atoms with Crippen LogP contribution in [0.2, 0.25) is 0 Å². The molecular weight excluding hydrogens is 211 g/mol. The smallest absolute Gasteiger partial charge is 0.183 e. The largest absolute Gasteiger partial charge is 0.388 e. The zero-order valence-electron chi connectivity index (χ0n) is 8.93. The highest BCUT2D eigenvalue weighted by Crippen LogP contribution is 2.14. The molecule has 0 aliphatic carbocycles. The number of halogens is 1. The Labute approximate surface area is 93.8 Å². The Hall–Kier alpha value is -0.970. The molecule has 1 fully saturated rings. The Morgan fingerprint density at radius 1 is 1.25 bits per heavy atom. The van der Waals surface area contributed by atoms with Crippen LogP contribution in [-0.4, -0.2) is 30.7 Å². The predicted molar refractivity (Wildman–Crippen MR) is 56.4 cm³/mol. The summed E-state index contributed by atoms with van der Waals surface area (Å²) in [6.07, 6.45) is 0.119. The van der Waals surface area contributed by atoms with Crippen molar-refractivity contribution in [2.24, 2.45) is 0 Å². The van der Waals surface area contributed by atoms with Gasteiger partial charge in [0.25, 0.3) is 0 Å². The van der Waals surface area contributed by atoms with Gasteiger partial charge < -0.3 is 14.6 Å². The molecule has 16 heavy (non-hydrogen) atoms. The van der Waals surface area contributed by atoms with Gasteiger partial charge in [-0.25, -0.2) is 4.39 Å². The zero-order valence-corrected chi connectivity index (χ0v) is 8.93. The molecule has 0 bridgehead atoms. The van der Waals surface area contributed by atoms with Crippen molar-refractivity contribution in [3.05, 3.63) is 35.6 Å². The first-order valence-electron chi connectivity index (χ1n) is 5.41. The van der Waals surface area contributed by atoms with Gasteiger partial charge in [-0.3, -0.25) is 0 Å². The summed E-state index contributed by atoms with van der Waals surface area (Å²) in [6.45, 7) is 1.08. The highest BCUT2D eigenvalue weighted by atomic mass is 19.1. The Bertz CT molecular complexity index is 320. The molecule has 3 nitrogen and oxygen atoms in total. The van der Waals surface area contributed by atoms with E-state index in [2.05, 4.69) is 0 Å². The van der Waals surface area contributed by atoms with Gasteiger partial charge >= 0.3 is 0 Å². The van der Waals surface area contributed by atoms with Crippen molar-refractivity contribution >= 4 is 0 Å². The van der Waals surface area contributed by atoms with E-state index in [-0.39, 0.29) is 5.82 Å². The molecular formula is C12H15FO3. The summed E-state index contributed by atoms with van der Waals surface area (Å²) in [7, 11) is 0. The Balaban J connectivity index is 1.80. The van der Waals surface area contributed by atoms with Crippen LogP contribution in [0, 0.1) is 5.82 Å². The summed E-state index contributed by atoms with van der Waals surface area (Å²) in [4.78, 5) is 0. The van der Waals surface area contributed by atoms with Crippen LogP contribution in [0.25, 0.3) is 0 Å². The highest BCUT2D eigenvalue weighted by molar-refractivity contribution is 5.16. The number of ether oxygens (including phenoxy) is 2. The molecule has 88 valence electrons. The minimum Gasteiger partial charge on any atom is -0.388 e. The van der Waals surface area contributed by atoms with Gasteiger partial charge in [-0.1, -0.05) is 12.1 Å². The second kappa shape index (κ2) is 5.39.